The van der Waals surface area contributed by atoms with E-state index in [9.17, 15) is 0 Å². The van der Waals surface area contributed by atoms with Gasteiger partial charge in [-0.15, -0.1) is 0 Å². The molecule has 0 radical (unpaired) electrons. The molecule has 5 heteroatoms. The van der Waals surface area contributed by atoms with Crippen molar-refractivity contribution in [2.75, 3.05) is 0 Å². The first-order valence-corrected chi connectivity index (χ1v) is 7.76. The highest BCUT2D eigenvalue weighted by atomic mass is 35.5. The van der Waals surface area contributed by atoms with Gasteiger partial charge in [0.05, 0.1) is 0 Å². The lowest BCUT2D eigenvalue weighted by Gasteiger charge is -2.13. The molecule has 1 fully saturated rings. The van der Waals surface area contributed by atoms with Crippen molar-refractivity contribution in [1.29, 1.82) is 0 Å². The Morgan fingerprint density at radius 2 is 1.80 bits per heavy atom. The Morgan fingerprint density at radius 3 is 2.35 bits per heavy atom. The third kappa shape index (κ3) is 2.57. The topological polar surface area (TPSA) is 38.9 Å². The highest BCUT2D eigenvalue weighted by Crippen LogP contribution is 2.40. The second-order valence-electron chi connectivity index (χ2n) is 5.14. The standard InChI is InChI=1S/C15H16Cl2N2O/c1-2-10-7-8-11(20-10)15-18-13(16)12(14(17)19-15)9-5-3-4-6-9/h7-9H,2-6H2,1H3. The lowest BCUT2D eigenvalue weighted by atomic mass is 10.0. The molecule has 2 aromatic rings. The molecule has 0 aliphatic heterocycles. The summed E-state index contributed by atoms with van der Waals surface area (Å²) in [5.41, 5.74) is 0.900. The number of furan rings is 1. The van der Waals surface area contributed by atoms with E-state index < -0.39 is 0 Å². The van der Waals surface area contributed by atoms with Gasteiger partial charge in [-0.3, -0.25) is 0 Å². The minimum Gasteiger partial charge on any atom is -0.458 e. The summed E-state index contributed by atoms with van der Waals surface area (Å²) in [4.78, 5) is 8.75. The molecule has 106 valence electrons. The minimum absolute atomic E-state index is 0.395. The maximum Gasteiger partial charge on any atom is 0.198 e. The highest BCUT2D eigenvalue weighted by molar-refractivity contribution is 6.34. The Hall–Kier alpha value is -1.06. The van der Waals surface area contributed by atoms with E-state index in [1.165, 1.54) is 12.8 Å². The fourth-order valence-electron chi connectivity index (χ4n) is 2.77. The fourth-order valence-corrected chi connectivity index (χ4v) is 3.46. The molecule has 2 aromatic heterocycles. The van der Waals surface area contributed by atoms with Crippen LogP contribution in [0.5, 0.6) is 0 Å². The van der Waals surface area contributed by atoms with Gasteiger partial charge in [0.15, 0.2) is 11.6 Å². The normalized spacial score (nSPS) is 15.9. The number of rotatable bonds is 3. The van der Waals surface area contributed by atoms with Crippen LogP contribution in [-0.2, 0) is 6.42 Å². The van der Waals surface area contributed by atoms with E-state index in [0.29, 0.717) is 27.8 Å². The zero-order valence-electron chi connectivity index (χ0n) is 11.3. The number of hydrogen-bond acceptors (Lipinski definition) is 3. The van der Waals surface area contributed by atoms with Crippen molar-refractivity contribution in [1.82, 2.24) is 9.97 Å². The average molecular weight is 311 g/mol. The van der Waals surface area contributed by atoms with Crippen LogP contribution in [0.25, 0.3) is 11.6 Å². The van der Waals surface area contributed by atoms with Crippen molar-refractivity contribution in [2.24, 2.45) is 0 Å². The van der Waals surface area contributed by atoms with Gasteiger partial charge in [-0.2, -0.15) is 0 Å². The quantitative estimate of drug-likeness (QED) is 0.725. The molecule has 2 heterocycles. The predicted octanol–water partition coefficient (Wildman–Crippen LogP) is 5.26. The Balaban J connectivity index is 1.98. The van der Waals surface area contributed by atoms with Crippen LogP contribution in [0.3, 0.4) is 0 Å². The van der Waals surface area contributed by atoms with Gasteiger partial charge < -0.3 is 4.42 Å². The highest BCUT2D eigenvalue weighted by Gasteiger charge is 2.25. The smallest absolute Gasteiger partial charge is 0.198 e. The SMILES string of the molecule is CCc1ccc(-c2nc(Cl)c(C3CCCC3)c(Cl)n2)o1. The molecule has 0 N–H and O–H groups in total. The van der Waals surface area contributed by atoms with Crippen LogP contribution in [0.15, 0.2) is 16.5 Å². The summed E-state index contributed by atoms with van der Waals surface area (Å²) >= 11 is 12.7. The van der Waals surface area contributed by atoms with Gasteiger partial charge in [0.25, 0.3) is 0 Å². The first-order valence-electron chi connectivity index (χ1n) is 7.01. The Labute approximate surface area is 128 Å². The Kier molecular flexibility index (Phi) is 3.99. The molecular weight excluding hydrogens is 295 g/mol. The summed E-state index contributed by atoms with van der Waals surface area (Å²) in [6.07, 6.45) is 5.50. The lowest BCUT2D eigenvalue weighted by Crippen LogP contribution is -2.01. The van der Waals surface area contributed by atoms with Gasteiger partial charge in [0, 0.05) is 12.0 Å². The van der Waals surface area contributed by atoms with Crippen molar-refractivity contribution in [2.45, 2.75) is 44.9 Å². The number of halogens is 2. The fraction of sp³-hybridized carbons (Fsp3) is 0.467. The summed E-state index contributed by atoms with van der Waals surface area (Å²) < 4.78 is 5.65. The molecule has 0 aromatic carbocycles. The molecule has 0 bridgehead atoms. The summed E-state index contributed by atoms with van der Waals surface area (Å²) in [7, 11) is 0. The summed E-state index contributed by atoms with van der Waals surface area (Å²) in [6.45, 7) is 2.03. The van der Waals surface area contributed by atoms with Crippen LogP contribution in [0.2, 0.25) is 10.3 Å². The van der Waals surface area contributed by atoms with Crippen LogP contribution < -0.4 is 0 Å². The number of aryl methyl sites for hydroxylation is 1. The molecule has 3 rings (SSSR count). The van der Waals surface area contributed by atoms with Crippen molar-refractivity contribution in [3.63, 3.8) is 0 Å². The van der Waals surface area contributed by atoms with E-state index in [2.05, 4.69) is 9.97 Å². The van der Waals surface area contributed by atoms with Crippen molar-refractivity contribution in [3.8, 4) is 11.6 Å². The van der Waals surface area contributed by atoms with Gasteiger partial charge in [-0.25, -0.2) is 9.97 Å². The first-order chi connectivity index (χ1) is 9.69. The Morgan fingerprint density at radius 1 is 1.15 bits per heavy atom. The zero-order chi connectivity index (χ0) is 14.1. The molecule has 0 amide bonds. The van der Waals surface area contributed by atoms with E-state index >= 15 is 0 Å². The molecule has 20 heavy (non-hydrogen) atoms. The van der Waals surface area contributed by atoms with Crippen molar-refractivity contribution < 1.29 is 4.42 Å². The maximum atomic E-state index is 6.33. The number of hydrogen-bond donors (Lipinski definition) is 0. The Bertz CT molecular complexity index is 595. The summed E-state index contributed by atoms with van der Waals surface area (Å²) in [5.74, 6) is 2.37. The van der Waals surface area contributed by atoms with Gasteiger partial charge in [0.2, 0.25) is 0 Å². The van der Waals surface area contributed by atoms with Gasteiger partial charge in [0.1, 0.15) is 16.1 Å². The molecule has 1 saturated carbocycles. The predicted molar refractivity (Wildman–Crippen MR) is 80.3 cm³/mol. The molecule has 3 nitrogen and oxygen atoms in total. The molecule has 1 aliphatic rings. The largest absolute Gasteiger partial charge is 0.458 e. The molecule has 0 spiro atoms. The first kappa shape index (κ1) is 13.9. The molecule has 0 saturated heterocycles. The summed E-state index contributed by atoms with van der Waals surface area (Å²) in [6, 6.07) is 3.78. The van der Waals surface area contributed by atoms with Crippen LogP contribution >= 0.6 is 23.2 Å². The molecule has 1 aliphatic carbocycles. The minimum atomic E-state index is 0.395. The maximum absolute atomic E-state index is 6.33. The van der Waals surface area contributed by atoms with Gasteiger partial charge >= 0.3 is 0 Å². The van der Waals surface area contributed by atoms with Gasteiger partial charge in [-0.05, 0) is 30.9 Å². The number of aromatic nitrogens is 2. The van der Waals surface area contributed by atoms with E-state index in [4.69, 9.17) is 27.6 Å². The van der Waals surface area contributed by atoms with Crippen LogP contribution in [0.4, 0.5) is 0 Å². The van der Waals surface area contributed by atoms with Crippen molar-refractivity contribution >= 4 is 23.2 Å². The van der Waals surface area contributed by atoms with Crippen LogP contribution in [-0.4, -0.2) is 9.97 Å². The van der Waals surface area contributed by atoms with Gasteiger partial charge in [-0.1, -0.05) is 43.0 Å². The second-order valence-corrected chi connectivity index (χ2v) is 5.86. The van der Waals surface area contributed by atoms with Crippen LogP contribution in [0.1, 0.15) is 49.8 Å². The van der Waals surface area contributed by atoms with E-state index in [0.717, 1.165) is 30.6 Å². The van der Waals surface area contributed by atoms with E-state index in [1.807, 2.05) is 19.1 Å². The molecule has 0 atom stereocenters. The van der Waals surface area contributed by atoms with E-state index in [-0.39, 0.29) is 0 Å². The second kappa shape index (κ2) is 5.74. The third-order valence-corrected chi connectivity index (χ3v) is 4.42. The van der Waals surface area contributed by atoms with E-state index in [1.54, 1.807) is 0 Å². The lowest BCUT2D eigenvalue weighted by molar-refractivity contribution is 0.525. The van der Waals surface area contributed by atoms with Crippen molar-refractivity contribution in [3.05, 3.63) is 33.8 Å². The summed E-state index contributed by atoms with van der Waals surface area (Å²) in [5, 5.41) is 0.919. The number of nitrogens with zero attached hydrogens (tertiary/aromatic N) is 2. The zero-order valence-corrected chi connectivity index (χ0v) is 12.8. The monoisotopic (exact) mass is 310 g/mol. The average Bonchev–Trinajstić information content (AvgIpc) is 3.09. The molecule has 0 unspecified atom stereocenters. The van der Waals surface area contributed by atoms with Crippen LogP contribution in [0, 0.1) is 0 Å². The third-order valence-electron chi connectivity index (χ3n) is 3.85. The molecular formula is C15H16Cl2N2O.